The maximum absolute atomic E-state index is 13.0. The van der Waals surface area contributed by atoms with Crippen molar-refractivity contribution in [3.05, 3.63) is 59.4 Å². The van der Waals surface area contributed by atoms with Crippen molar-refractivity contribution in [3.8, 4) is 0 Å². The lowest BCUT2D eigenvalue weighted by molar-refractivity contribution is 0.0942. The summed E-state index contributed by atoms with van der Waals surface area (Å²) in [4.78, 5) is 17.7. The summed E-state index contributed by atoms with van der Waals surface area (Å²) in [6.07, 6.45) is 6.46. The maximum atomic E-state index is 13.0. The Hall–Kier alpha value is -2.69. The Morgan fingerprint density at radius 3 is 2.61 bits per heavy atom. The molecule has 0 spiro atoms. The highest BCUT2D eigenvalue weighted by molar-refractivity contribution is 5.98. The molecule has 28 heavy (non-hydrogen) atoms. The number of nitrogens with one attached hydrogen (secondary N) is 1. The first-order valence-corrected chi connectivity index (χ1v) is 10.2. The second kappa shape index (κ2) is 7.38. The van der Waals surface area contributed by atoms with Crippen molar-refractivity contribution in [2.24, 2.45) is 0 Å². The number of pyridine rings is 1. The molecule has 1 saturated carbocycles. The van der Waals surface area contributed by atoms with Gasteiger partial charge in [0.15, 0.2) is 5.65 Å². The van der Waals surface area contributed by atoms with E-state index in [1.54, 1.807) is 6.20 Å². The molecular weight excluding hydrogens is 348 g/mol. The molecule has 2 aromatic heterocycles. The third-order valence-corrected chi connectivity index (χ3v) is 6.03. The number of aryl methyl sites for hydroxylation is 1. The number of carbonyl (C=O) groups excluding carboxylic acids is 1. The minimum atomic E-state index is -0.0496. The molecule has 1 aromatic carbocycles. The molecule has 0 aliphatic heterocycles. The molecule has 0 atom stereocenters. The van der Waals surface area contributed by atoms with Crippen molar-refractivity contribution in [2.45, 2.75) is 57.9 Å². The molecule has 5 nitrogen and oxygen atoms in total. The van der Waals surface area contributed by atoms with E-state index >= 15 is 0 Å². The maximum Gasteiger partial charge on any atom is 0.253 e. The van der Waals surface area contributed by atoms with Crippen molar-refractivity contribution in [3.63, 3.8) is 0 Å². The van der Waals surface area contributed by atoms with Gasteiger partial charge in [0, 0.05) is 23.4 Å². The molecule has 4 rings (SSSR count). The van der Waals surface area contributed by atoms with E-state index in [0.717, 1.165) is 29.6 Å². The normalized spacial score (nSPS) is 16.0. The van der Waals surface area contributed by atoms with Gasteiger partial charge in [-0.3, -0.25) is 4.79 Å². The van der Waals surface area contributed by atoms with Crippen LogP contribution in [0.15, 0.2) is 42.6 Å². The van der Waals surface area contributed by atoms with Gasteiger partial charge in [-0.25, -0.2) is 9.67 Å². The van der Waals surface area contributed by atoms with Gasteiger partial charge >= 0.3 is 0 Å². The molecular formula is C23H28N4O. The van der Waals surface area contributed by atoms with Crippen LogP contribution in [-0.2, 0) is 5.41 Å². The van der Waals surface area contributed by atoms with E-state index in [-0.39, 0.29) is 17.4 Å². The largest absolute Gasteiger partial charge is 0.351 e. The minimum Gasteiger partial charge on any atom is -0.351 e. The van der Waals surface area contributed by atoms with Crippen LogP contribution in [-0.4, -0.2) is 27.2 Å². The quantitative estimate of drug-likeness (QED) is 0.710. The number of rotatable bonds is 5. The monoisotopic (exact) mass is 376 g/mol. The predicted molar refractivity (Wildman–Crippen MR) is 112 cm³/mol. The molecule has 1 N–H and O–H groups in total. The highest BCUT2D eigenvalue weighted by Gasteiger charge is 2.36. The van der Waals surface area contributed by atoms with Crippen LogP contribution in [0.1, 0.15) is 67.2 Å². The molecule has 1 fully saturated rings. The van der Waals surface area contributed by atoms with E-state index < -0.39 is 0 Å². The van der Waals surface area contributed by atoms with Crippen LogP contribution in [0.3, 0.4) is 0 Å². The number of nitrogens with zero attached hydrogens (tertiary/aromatic N) is 3. The Kier molecular flexibility index (Phi) is 4.92. The van der Waals surface area contributed by atoms with Gasteiger partial charge in [-0.05, 0) is 45.2 Å². The Morgan fingerprint density at radius 2 is 1.93 bits per heavy atom. The average Bonchev–Trinajstić information content (AvgIpc) is 3.34. The van der Waals surface area contributed by atoms with E-state index in [4.69, 9.17) is 0 Å². The van der Waals surface area contributed by atoms with Gasteiger partial charge in [0.05, 0.1) is 17.5 Å². The highest BCUT2D eigenvalue weighted by atomic mass is 16.1. The van der Waals surface area contributed by atoms with Crippen LogP contribution in [0.25, 0.3) is 11.0 Å². The molecule has 1 amide bonds. The van der Waals surface area contributed by atoms with Crippen LogP contribution in [0.4, 0.5) is 0 Å². The van der Waals surface area contributed by atoms with Crippen molar-refractivity contribution in [1.82, 2.24) is 20.1 Å². The number of hydrogen-bond donors (Lipinski definition) is 1. The zero-order chi connectivity index (χ0) is 19.7. The van der Waals surface area contributed by atoms with Gasteiger partial charge < -0.3 is 5.32 Å². The SMILES string of the molecule is Cc1nc2c(cnn2C(C)C)cc1C(=O)NCC1(c2ccccc2)CCCC1. The molecule has 2 heterocycles. The van der Waals surface area contributed by atoms with Gasteiger partial charge in [-0.1, -0.05) is 43.2 Å². The van der Waals surface area contributed by atoms with Gasteiger partial charge in [0.2, 0.25) is 0 Å². The summed E-state index contributed by atoms with van der Waals surface area (Å²) in [5, 5.41) is 8.53. The standard InChI is InChI=1S/C23H28N4O/c1-16(2)27-21-18(14-25-27)13-20(17(3)26-21)22(28)24-15-23(11-7-8-12-23)19-9-5-4-6-10-19/h4-6,9-10,13-14,16H,7-8,11-12,15H2,1-3H3,(H,24,28). The molecule has 1 aliphatic carbocycles. The van der Waals surface area contributed by atoms with E-state index in [1.165, 1.54) is 18.4 Å². The molecule has 146 valence electrons. The molecule has 1 aliphatic rings. The lowest BCUT2D eigenvalue weighted by Gasteiger charge is -2.30. The van der Waals surface area contributed by atoms with Gasteiger partial charge in [-0.2, -0.15) is 5.10 Å². The van der Waals surface area contributed by atoms with Gasteiger partial charge in [0.25, 0.3) is 5.91 Å². The Labute approximate surface area is 166 Å². The van der Waals surface area contributed by atoms with E-state index in [2.05, 4.69) is 53.5 Å². The lowest BCUT2D eigenvalue weighted by Crippen LogP contribution is -2.39. The van der Waals surface area contributed by atoms with E-state index in [9.17, 15) is 4.79 Å². The minimum absolute atomic E-state index is 0.0465. The third-order valence-electron chi connectivity index (χ3n) is 6.03. The van der Waals surface area contributed by atoms with Gasteiger partial charge in [0.1, 0.15) is 0 Å². The number of carbonyl (C=O) groups is 1. The zero-order valence-electron chi connectivity index (χ0n) is 16.9. The predicted octanol–water partition coefficient (Wildman–Crippen LogP) is 4.56. The van der Waals surface area contributed by atoms with Crippen molar-refractivity contribution < 1.29 is 4.79 Å². The first-order valence-electron chi connectivity index (χ1n) is 10.2. The second-order valence-corrected chi connectivity index (χ2v) is 8.25. The van der Waals surface area contributed by atoms with Crippen molar-refractivity contribution in [1.29, 1.82) is 0 Å². The van der Waals surface area contributed by atoms with Crippen LogP contribution in [0.5, 0.6) is 0 Å². The fraction of sp³-hybridized carbons (Fsp3) is 0.435. The lowest BCUT2D eigenvalue weighted by atomic mass is 9.79. The fourth-order valence-corrected chi connectivity index (χ4v) is 4.43. The number of amides is 1. The summed E-state index contributed by atoms with van der Waals surface area (Å²) in [7, 11) is 0. The number of benzene rings is 1. The molecule has 0 unspecified atom stereocenters. The van der Waals surface area contributed by atoms with Crippen molar-refractivity contribution in [2.75, 3.05) is 6.54 Å². The number of aromatic nitrogens is 3. The molecule has 0 bridgehead atoms. The fourth-order valence-electron chi connectivity index (χ4n) is 4.43. The first-order chi connectivity index (χ1) is 13.5. The molecule has 5 heteroatoms. The van der Waals surface area contributed by atoms with E-state index in [1.807, 2.05) is 23.7 Å². The van der Waals surface area contributed by atoms with Crippen LogP contribution in [0.2, 0.25) is 0 Å². The average molecular weight is 377 g/mol. The summed E-state index contributed by atoms with van der Waals surface area (Å²) in [6, 6.07) is 12.8. The van der Waals surface area contributed by atoms with Crippen molar-refractivity contribution >= 4 is 16.9 Å². The topological polar surface area (TPSA) is 59.8 Å². The van der Waals surface area contributed by atoms with Gasteiger partial charge in [-0.15, -0.1) is 0 Å². The Balaban J connectivity index is 1.57. The zero-order valence-corrected chi connectivity index (χ0v) is 16.9. The van der Waals surface area contributed by atoms with Crippen LogP contribution >= 0.6 is 0 Å². The summed E-state index contributed by atoms with van der Waals surface area (Å²) in [5.41, 5.74) is 3.59. The summed E-state index contributed by atoms with van der Waals surface area (Å²) in [6.45, 7) is 6.72. The molecule has 0 radical (unpaired) electrons. The smallest absolute Gasteiger partial charge is 0.253 e. The molecule has 0 saturated heterocycles. The van der Waals surface area contributed by atoms with Crippen LogP contribution < -0.4 is 5.32 Å². The third kappa shape index (κ3) is 3.30. The second-order valence-electron chi connectivity index (χ2n) is 8.25. The van der Waals surface area contributed by atoms with Crippen LogP contribution in [0, 0.1) is 6.92 Å². The number of hydrogen-bond acceptors (Lipinski definition) is 3. The first kappa shape index (κ1) is 18.7. The summed E-state index contributed by atoms with van der Waals surface area (Å²) >= 11 is 0. The van der Waals surface area contributed by atoms with E-state index in [0.29, 0.717) is 12.1 Å². The number of fused-ring (bicyclic) bond motifs is 1. The summed E-state index contributed by atoms with van der Waals surface area (Å²) in [5.74, 6) is -0.0496. The highest BCUT2D eigenvalue weighted by Crippen LogP contribution is 2.40. The summed E-state index contributed by atoms with van der Waals surface area (Å²) < 4.78 is 1.90. The molecule has 3 aromatic rings. The Morgan fingerprint density at radius 1 is 1.21 bits per heavy atom. The Bertz CT molecular complexity index is 985.